The summed E-state index contributed by atoms with van der Waals surface area (Å²) in [6.07, 6.45) is 3.32. The normalized spacial score (nSPS) is 15.0. The van der Waals surface area contributed by atoms with Crippen molar-refractivity contribution in [2.45, 2.75) is 57.3 Å². The number of hydrogen-bond acceptors (Lipinski definition) is 8. The zero-order valence-corrected chi connectivity index (χ0v) is 20.7. The summed E-state index contributed by atoms with van der Waals surface area (Å²) < 4.78 is 0. The summed E-state index contributed by atoms with van der Waals surface area (Å²) in [5.74, 6) is -3.73. The Kier molecular flexibility index (Phi) is 11.0. The number of benzene rings is 1. The van der Waals surface area contributed by atoms with Crippen molar-refractivity contribution in [3.05, 3.63) is 48.0 Å². The lowest BCUT2D eigenvalue weighted by Crippen LogP contribution is -2.59. The molecule has 5 unspecified atom stereocenters. The van der Waals surface area contributed by atoms with Gasteiger partial charge in [0.1, 0.15) is 23.9 Å². The Morgan fingerprint density at radius 3 is 2.11 bits per heavy atom. The monoisotopic (exact) mass is 518 g/mol. The quantitative estimate of drug-likeness (QED) is 0.150. The predicted molar refractivity (Wildman–Crippen MR) is 132 cm³/mol. The average Bonchev–Trinajstić information content (AvgIpc) is 3.39. The van der Waals surface area contributed by atoms with Crippen LogP contribution in [-0.2, 0) is 32.0 Å². The highest BCUT2D eigenvalue weighted by Crippen LogP contribution is 2.12. The van der Waals surface area contributed by atoms with Crippen LogP contribution >= 0.6 is 0 Å². The van der Waals surface area contributed by atoms with Crippen molar-refractivity contribution >= 4 is 23.7 Å². The SMILES string of the molecule is CCC(C)C(N)C(=O)NC(Cc1ccc(O)cc1)C(=O)NC(CO)C(=O)NC(Cc1cnc[nH]1)C(=O)O. The van der Waals surface area contributed by atoms with Crippen molar-refractivity contribution in [3.8, 4) is 5.75 Å². The maximum Gasteiger partial charge on any atom is 0.326 e. The summed E-state index contributed by atoms with van der Waals surface area (Å²) in [5.41, 5.74) is 7.07. The smallest absolute Gasteiger partial charge is 0.326 e. The molecule has 1 aromatic heterocycles. The van der Waals surface area contributed by atoms with Crippen LogP contribution in [0.15, 0.2) is 36.8 Å². The average molecular weight is 519 g/mol. The number of carbonyl (C=O) groups is 4. The van der Waals surface area contributed by atoms with Gasteiger partial charge in [0.2, 0.25) is 17.7 Å². The fourth-order valence-corrected chi connectivity index (χ4v) is 3.41. The van der Waals surface area contributed by atoms with E-state index >= 15 is 0 Å². The largest absolute Gasteiger partial charge is 0.508 e. The fourth-order valence-electron chi connectivity index (χ4n) is 3.41. The van der Waals surface area contributed by atoms with Gasteiger partial charge in [-0.15, -0.1) is 0 Å². The van der Waals surface area contributed by atoms with E-state index in [2.05, 4.69) is 25.9 Å². The number of aliphatic hydroxyl groups is 1. The van der Waals surface area contributed by atoms with Crippen LogP contribution in [0.4, 0.5) is 0 Å². The first-order chi connectivity index (χ1) is 17.5. The van der Waals surface area contributed by atoms with Crippen LogP contribution in [0, 0.1) is 5.92 Å². The summed E-state index contributed by atoms with van der Waals surface area (Å²) in [7, 11) is 0. The molecule has 0 aliphatic heterocycles. The Bertz CT molecular complexity index is 1040. The fraction of sp³-hybridized carbons (Fsp3) is 0.458. The van der Waals surface area contributed by atoms with E-state index in [1.165, 1.54) is 24.7 Å². The van der Waals surface area contributed by atoms with Gasteiger partial charge in [0.15, 0.2) is 0 Å². The van der Waals surface area contributed by atoms with Crippen molar-refractivity contribution in [2.24, 2.45) is 11.7 Å². The third-order valence-corrected chi connectivity index (χ3v) is 5.98. The van der Waals surface area contributed by atoms with Crippen LogP contribution in [0.5, 0.6) is 5.75 Å². The number of phenols is 1. The van der Waals surface area contributed by atoms with Crippen molar-refractivity contribution in [1.82, 2.24) is 25.9 Å². The maximum atomic E-state index is 13.1. The minimum atomic E-state index is -1.49. The number of aliphatic hydroxyl groups excluding tert-OH is 1. The summed E-state index contributed by atoms with van der Waals surface area (Å²) in [4.78, 5) is 56.7. The Balaban J connectivity index is 2.15. The van der Waals surface area contributed by atoms with Gasteiger partial charge in [-0.05, 0) is 23.6 Å². The number of aliphatic carboxylic acids is 1. The summed E-state index contributed by atoms with van der Waals surface area (Å²) >= 11 is 0. The van der Waals surface area contributed by atoms with E-state index in [0.717, 1.165) is 0 Å². The number of imidazole rings is 1. The molecular formula is C24H34N6O7. The van der Waals surface area contributed by atoms with Gasteiger partial charge in [0.25, 0.3) is 0 Å². The van der Waals surface area contributed by atoms with Crippen molar-refractivity contribution < 1.29 is 34.5 Å². The Morgan fingerprint density at radius 2 is 1.57 bits per heavy atom. The number of H-pyrrole nitrogens is 1. The zero-order chi connectivity index (χ0) is 27.5. The molecule has 202 valence electrons. The van der Waals surface area contributed by atoms with Crippen LogP contribution in [0.25, 0.3) is 0 Å². The molecule has 0 aliphatic carbocycles. The Hall–Kier alpha value is -3.97. The standard InChI is InChI=1S/C24H34N6O7/c1-3-13(2)20(25)23(35)28-17(8-14-4-6-16(32)7-5-14)21(33)30-19(11-31)22(34)29-18(24(36)37)9-15-10-26-12-27-15/h4-7,10,12-13,17-20,31-32H,3,8-9,11,25H2,1-2H3,(H,26,27)(H,28,35)(H,29,34)(H,30,33)(H,36,37). The van der Waals surface area contributed by atoms with E-state index in [9.17, 15) is 34.5 Å². The van der Waals surface area contributed by atoms with Crippen molar-refractivity contribution in [2.75, 3.05) is 6.61 Å². The molecule has 0 spiro atoms. The molecule has 5 atom stereocenters. The predicted octanol–water partition coefficient (Wildman–Crippen LogP) is -1.19. The molecule has 0 saturated heterocycles. The van der Waals surface area contributed by atoms with E-state index in [1.807, 2.05) is 6.92 Å². The molecule has 1 heterocycles. The first kappa shape index (κ1) is 29.3. The summed E-state index contributed by atoms with van der Waals surface area (Å²) in [6, 6.07) is 1.10. The lowest BCUT2D eigenvalue weighted by Gasteiger charge is -2.25. The number of nitrogens with zero attached hydrogens (tertiary/aromatic N) is 1. The summed E-state index contributed by atoms with van der Waals surface area (Å²) in [6.45, 7) is 2.85. The van der Waals surface area contributed by atoms with Crippen LogP contribution in [-0.4, -0.2) is 79.8 Å². The zero-order valence-electron chi connectivity index (χ0n) is 20.7. The second kappa shape index (κ2) is 13.9. The van der Waals surface area contributed by atoms with Gasteiger partial charge in [-0.1, -0.05) is 32.4 Å². The number of carbonyl (C=O) groups excluding carboxylic acids is 3. The molecule has 13 heteroatoms. The molecule has 3 amide bonds. The van der Waals surface area contributed by atoms with E-state index in [1.54, 1.807) is 19.1 Å². The number of carboxylic acids is 1. The number of aromatic hydroxyl groups is 1. The molecule has 0 fully saturated rings. The second-order valence-electron chi connectivity index (χ2n) is 8.77. The third kappa shape index (κ3) is 8.88. The number of aromatic nitrogens is 2. The van der Waals surface area contributed by atoms with Crippen LogP contribution in [0.1, 0.15) is 31.5 Å². The molecular weight excluding hydrogens is 484 g/mol. The van der Waals surface area contributed by atoms with Gasteiger partial charge in [-0.3, -0.25) is 14.4 Å². The molecule has 13 nitrogen and oxygen atoms in total. The lowest BCUT2D eigenvalue weighted by atomic mass is 9.98. The van der Waals surface area contributed by atoms with Gasteiger partial charge in [0.05, 0.1) is 19.0 Å². The molecule has 0 aliphatic rings. The van der Waals surface area contributed by atoms with Crippen LogP contribution in [0.3, 0.4) is 0 Å². The van der Waals surface area contributed by atoms with Gasteiger partial charge in [-0.25, -0.2) is 9.78 Å². The number of amides is 3. The maximum absolute atomic E-state index is 13.1. The van der Waals surface area contributed by atoms with Gasteiger partial charge < -0.3 is 42.0 Å². The van der Waals surface area contributed by atoms with E-state index in [-0.39, 0.29) is 24.5 Å². The number of hydrogen-bond donors (Lipinski definition) is 8. The first-order valence-electron chi connectivity index (χ1n) is 11.8. The Morgan fingerprint density at radius 1 is 0.973 bits per heavy atom. The van der Waals surface area contributed by atoms with Gasteiger partial charge in [0, 0.05) is 24.7 Å². The molecule has 0 bridgehead atoms. The second-order valence-corrected chi connectivity index (χ2v) is 8.77. The van der Waals surface area contributed by atoms with Crippen molar-refractivity contribution in [1.29, 1.82) is 0 Å². The third-order valence-electron chi connectivity index (χ3n) is 5.98. The van der Waals surface area contributed by atoms with Gasteiger partial charge in [-0.2, -0.15) is 0 Å². The number of nitrogens with one attached hydrogen (secondary N) is 4. The number of aromatic amines is 1. The van der Waals surface area contributed by atoms with E-state index < -0.39 is 54.5 Å². The molecule has 2 rings (SSSR count). The first-order valence-corrected chi connectivity index (χ1v) is 11.8. The molecule has 37 heavy (non-hydrogen) atoms. The summed E-state index contributed by atoms with van der Waals surface area (Å²) in [5, 5.41) is 36.0. The van der Waals surface area contributed by atoms with Crippen LogP contribution in [0.2, 0.25) is 0 Å². The van der Waals surface area contributed by atoms with Crippen molar-refractivity contribution in [3.63, 3.8) is 0 Å². The highest BCUT2D eigenvalue weighted by molar-refractivity contribution is 5.94. The molecule has 2 aromatic rings. The van der Waals surface area contributed by atoms with Gasteiger partial charge >= 0.3 is 5.97 Å². The lowest BCUT2D eigenvalue weighted by molar-refractivity contribution is -0.142. The number of carboxylic acid groups (broad SMARTS) is 1. The molecule has 9 N–H and O–H groups in total. The van der Waals surface area contributed by atoms with E-state index in [0.29, 0.717) is 17.7 Å². The minimum absolute atomic E-state index is 0.00240. The number of phenolic OH excluding ortho intramolecular Hbond substituents is 1. The number of rotatable bonds is 14. The number of nitrogens with two attached hydrogens (primary N) is 1. The molecule has 1 aromatic carbocycles. The highest BCUT2D eigenvalue weighted by Gasteiger charge is 2.31. The minimum Gasteiger partial charge on any atom is -0.508 e. The highest BCUT2D eigenvalue weighted by atomic mass is 16.4. The molecule has 0 saturated carbocycles. The molecule has 0 radical (unpaired) electrons. The van der Waals surface area contributed by atoms with Crippen LogP contribution < -0.4 is 21.7 Å². The Labute approximate surface area is 213 Å². The topological polar surface area (TPSA) is 220 Å². The van der Waals surface area contributed by atoms with E-state index in [4.69, 9.17) is 5.73 Å².